The van der Waals surface area contributed by atoms with E-state index >= 15 is 0 Å². The smallest absolute Gasteiger partial charge is 0.251 e. The summed E-state index contributed by atoms with van der Waals surface area (Å²) in [6.45, 7) is 4.93. The summed E-state index contributed by atoms with van der Waals surface area (Å²) in [6.07, 6.45) is 1.11. The van der Waals surface area contributed by atoms with Gasteiger partial charge >= 0.3 is 0 Å². The van der Waals surface area contributed by atoms with E-state index in [2.05, 4.69) is 5.32 Å². The maximum Gasteiger partial charge on any atom is 0.251 e. The highest BCUT2D eigenvalue weighted by atomic mass is 35.5. The van der Waals surface area contributed by atoms with Crippen LogP contribution in [-0.2, 0) is 9.84 Å². The van der Waals surface area contributed by atoms with E-state index in [1.165, 1.54) is 6.07 Å². The maximum atomic E-state index is 12.5. The first kappa shape index (κ1) is 23.0. The summed E-state index contributed by atoms with van der Waals surface area (Å²) in [5.41, 5.74) is 0.327. The Bertz CT molecular complexity index is 916. The number of benzene rings is 2. The maximum absolute atomic E-state index is 12.5. The van der Waals surface area contributed by atoms with Gasteiger partial charge in [-0.25, -0.2) is 8.42 Å². The number of halogens is 1. The van der Waals surface area contributed by atoms with Crippen LogP contribution in [0.2, 0.25) is 5.02 Å². The van der Waals surface area contributed by atoms with Crippen molar-refractivity contribution in [3.8, 4) is 11.5 Å². The highest BCUT2D eigenvalue weighted by Gasteiger charge is 2.17. The summed E-state index contributed by atoms with van der Waals surface area (Å²) in [5.74, 6) is 0.421. The van der Waals surface area contributed by atoms with Gasteiger partial charge in [0.15, 0.2) is 21.3 Å². The van der Waals surface area contributed by atoms with Crippen molar-refractivity contribution in [2.24, 2.45) is 0 Å². The van der Waals surface area contributed by atoms with Crippen molar-refractivity contribution in [3.63, 3.8) is 0 Å². The van der Waals surface area contributed by atoms with Gasteiger partial charge < -0.3 is 14.8 Å². The SMILES string of the molecule is CCCOc1c(Cl)cc(C(=O)NCCCS(=O)(=O)c2ccccc2)cc1OCC. The number of hydrogen-bond acceptors (Lipinski definition) is 5. The topological polar surface area (TPSA) is 81.7 Å². The predicted octanol–water partition coefficient (Wildman–Crippen LogP) is 4.12. The van der Waals surface area contributed by atoms with Crippen LogP contribution in [0.15, 0.2) is 47.4 Å². The molecule has 1 N–H and O–H groups in total. The van der Waals surface area contributed by atoms with Gasteiger partial charge in [0.05, 0.1) is 28.9 Å². The molecule has 158 valence electrons. The molecule has 6 nitrogen and oxygen atoms in total. The molecule has 0 fully saturated rings. The monoisotopic (exact) mass is 439 g/mol. The van der Waals surface area contributed by atoms with Gasteiger partial charge in [-0.05, 0) is 44.0 Å². The lowest BCUT2D eigenvalue weighted by Crippen LogP contribution is -2.26. The normalized spacial score (nSPS) is 11.1. The zero-order chi connectivity index (χ0) is 21.3. The summed E-state index contributed by atoms with van der Waals surface area (Å²) >= 11 is 6.27. The third kappa shape index (κ3) is 6.65. The van der Waals surface area contributed by atoms with Crippen molar-refractivity contribution in [2.75, 3.05) is 25.5 Å². The summed E-state index contributed by atoms with van der Waals surface area (Å²) in [5, 5.41) is 3.02. The van der Waals surface area contributed by atoms with Crippen LogP contribution >= 0.6 is 11.6 Å². The molecular weight excluding hydrogens is 414 g/mol. The van der Waals surface area contributed by atoms with Gasteiger partial charge in [-0.15, -0.1) is 0 Å². The fraction of sp³-hybridized carbons (Fsp3) is 0.381. The molecule has 8 heteroatoms. The molecule has 1 amide bonds. The van der Waals surface area contributed by atoms with E-state index in [1.807, 2.05) is 13.8 Å². The van der Waals surface area contributed by atoms with Crippen LogP contribution in [0, 0.1) is 0 Å². The Morgan fingerprint density at radius 3 is 2.48 bits per heavy atom. The van der Waals surface area contributed by atoms with Gasteiger partial charge in [0.25, 0.3) is 5.91 Å². The molecule has 0 aromatic heterocycles. The summed E-state index contributed by atoms with van der Waals surface area (Å²) < 4.78 is 35.7. The first-order valence-electron chi connectivity index (χ1n) is 9.54. The molecule has 0 saturated heterocycles. The summed E-state index contributed by atoms with van der Waals surface area (Å²) in [6, 6.07) is 11.4. The van der Waals surface area contributed by atoms with E-state index in [0.717, 1.165) is 6.42 Å². The van der Waals surface area contributed by atoms with E-state index in [4.69, 9.17) is 21.1 Å². The first-order chi connectivity index (χ1) is 13.9. The number of carbonyl (C=O) groups excluding carboxylic acids is 1. The number of sulfone groups is 1. The van der Waals surface area contributed by atoms with Crippen LogP contribution in [0.5, 0.6) is 11.5 Å². The number of hydrogen-bond donors (Lipinski definition) is 1. The van der Waals surface area contributed by atoms with Gasteiger partial charge in [0, 0.05) is 12.1 Å². The number of rotatable bonds is 11. The molecule has 0 saturated carbocycles. The second kappa shape index (κ2) is 11.1. The number of amides is 1. The Morgan fingerprint density at radius 2 is 1.83 bits per heavy atom. The van der Waals surface area contributed by atoms with Crippen LogP contribution in [0.1, 0.15) is 37.0 Å². The number of ether oxygens (including phenoxy) is 2. The minimum atomic E-state index is -3.37. The average Bonchev–Trinajstić information content (AvgIpc) is 2.71. The molecule has 0 aliphatic carbocycles. The molecule has 0 aliphatic rings. The summed E-state index contributed by atoms with van der Waals surface area (Å²) in [4.78, 5) is 12.7. The van der Waals surface area contributed by atoms with Crippen molar-refractivity contribution < 1.29 is 22.7 Å². The fourth-order valence-corrected chi connectivity index (χ4v) is 4.22. The minimum Gasteiger partial charge on any atom is -0.490 e. The Balaban J connectivity index is 1.98. The van der Waals surface area contributed by atoms with Gasteiger partial charge in [-0.2, -0.15) is 0 Å². The van der Waals surface area contributed by atoms with Crippen LogP contribution in [0.3, 0.4) is 0 Å². The Hall–Kier alpha value is -2.25. The molecule has 0 unspecified atom stereocenters. The lowest BCUT2D eigenvalue weighted by atomic mass is 10.2. The largest absolute Gasteiger partial charge is 0.490 e. The zero-order valence-corrected chi connectivity index (χ0v) is 18.2. The third-order valence-corrected chi connectivity index (χ3v) is 6.10. The molecule has 2 aromatic rings. The molecule has 0 atom stereocenters. The van der Waals surface area contributed by atoms with E-state index in [0.29, 0.717) is 41.7 Å². The second-order valence-corrected chi connectivity index (χ2v) is 8.82. The molecule has 0 spiro atoms. The Morgan fingerprint density at radius 1 is 1.10 bits per heavy atom. The molecule has 0 radical (unpaired) electrons. The highest BCUT2D eigenvalue weighted by molar-refractivity contribution is 7.91. The lowest BCUT2D eigenvalue weighted by Gasteiger charge is -2.15. The van der Waals surface area contributed by atoms with Crippen molar-refractivity contribution >= 4 is 27.3 Å². The number of carbonyl (C=O) groups is 1. The van der Waals surface area contributed by atoms with E-state index in [9.17, 15) is 13.2 Å². The predicted molar refractivity (Wildman–Crippen MR) is 114 cm³/mol. The van der Waals surface area contributed by atoms with E-state index in [1.54, 1.807) is 36.4 Å². The first-order valence-corrected chi connectivity index (χ1v) is 11.6. The molecule has 0 aliphatic heterocycles. The molecule has 29 heavy (non-hydrogen) atoms. The van der Waals surface area contributed by atoms with Crippen molar-refractivity contribution in [2.45, 2.75) is 31.6 Å². The molecule has 2 rings (SSSR count). The van der Waals surface area contributed by atoms with Crippen LogP contribution in [-0.4, -0.2) is 39.8 Å². The van der Waals surface area contributed by atoms with Gasteiger partial charge in [-0.1, -0.05) is 36.7 Å². The zero-order valence-electron chi connectivity index (χ0n) is 16.6. The Kier molecular flexibility index (Phi) is 8.79. The number of nitrogens with one attached hydrogen (secondary N) is 1. The fourth-order valence-electron chi connectivity index (χ4n) is 2.62. The van der Waals surface area contributed by atoms with Gasteiger partial charge in [0.1, 0.15) is 0 Å². The van der Waals surface area contributed by atoms with Gasteiger partial charge in [-0.3, -0.25) is 4.79 Å². The quantitative estimate of drug-likeness (QED) is 0.532. The Labute approximate surface area is 177 Å². The minimum absolute atomic E-state index is 0.0496. The highest BCUT2D eigenvalue weighted by Crippen LogP contribution is 2.36. The average molecular weight is 440 g/mol. The van der Waals surface area contributed by atoms with Crippen LogP contribution in [0.25, 0.3) is 0 Å². The molecule has 0 bridgehead atoms. The standard InChI is InChI=1S/C21H26ClNO5S/c1-3-12-28-20-18(22)14-16(15-19(20)27-4-2)21(24)23-11-8-13-29(25,26)17-9-6-5-7-10-17/h5-7,9-10,14-15H,3-4,8,11-13H2,1-2H3,(H,23,24). The molecular formula is C21H26ClNO5S. The summed E-state index contributed by atoms with van der Waals surface area (Å²) in [7, 11) is -3.37. The van der Waals surface area contributed by atoms with Crippen LogP contribution in [0.4, 0.5) is 0 Å². The van der Waals surface area contributed by atoms with E-state index < -0.39 is 9.84 Å². The van der Waals surface area contributed by atoms with E-state index in [-0.39, 0.29) is 23.1 Å². The molecule has 0 heterocycles. The van der Waals surface area contributed by atoms with Crippen molar-refractivity contribution in [3.05, 3.63) is 53.1 Å². The van der Waals surface area contributed by atoms with Crippen molar-refractivity contribution in [1.82, 2.24) is 5.32 Å². The van der Waals surface area contributed by atoms with Crippen LogP contribution < -0.4 is 14.8 Å². The van der Waals surface area contributed by atoms with Gasteiger partial charge in [0.2, 0.25) is 0 Å². The van der Waals surface area contributed by atoms with Crippen molar-refractivity contribution in [1.29, 1.82) is 0 Å². The lowest BCUT2D eigenvalue weighted by molar-refractivity contribution is 0.0953. The molecule has 2 aromatic carbocycles. The second-order valence-electron chi connectivity index (χ2n) is 6.31. The third-order valence-electron chi connectivity index (χ3n) is 4.00.